The molecule has 2 N–H and O–H groups in total. The number of hydrogen-bond acceptors (Lipinski definition) is 2. The van der Waals surface area contributed by atoms with Gasteiger partial charge in [0.25, 0.3) is 0 Å². The SMILES string of the molecule is CCCCN(CC(N)C(C)(C)C)C(C)CC. The van der Waals surface area contributed by atoms with Gasteiger partial charge in [0.1, 0.15) is 0 Å². The van der Waals surface area contributed by atoms with Crippen LogP contribution in [-0.2, 0) is 0 Å². The number of nitrogens with zero attached hydrogens (tertiary/aromatic N) is 1. The first kappa shape index (κ1) is 15.9. The van der Waals surface area contributed by atoms with Crippen LogP contribution in [-0.4, -0.2) is 30.1 Å². The van der Waals surface area contributed by atoms with Gasteiger partial charge >= 0.3 is 0 Å². The molecule has 0 saturated heterocycles. The molecule has 0 radical (unpaired) electrons. The first-order valence-electron chi connectivity index (χ1n) is 6.82. The Bertz CT molecular complexity index is 172. The maximum atomic E-state index is 6.27. The van der Waals surface area contributed by atoms with Crippen molar-refractivity contribution >= 4 is 0 Å². The molecule has 0 rings (SSSR count). The van der Waals surface area contributed by atoms with Gasteiger partial charge in [0, 0.05) is 18.6 Å². The van der Waals surface area contributed by atoms with E-state index < -0.39 is 0 Å². The number of nitrogens with two attached hydrogens (primary N) is 1. The van der Waals surface area contributed by atoms with Crippen molar-refractivity contribution < 1.29 is 0 Å². The lowest BCUT2D eigenvalue weighted by molar-refractivity contribution is 0.153. The predicted molar refractivity (Wildman–Crippen MR) is 73.7 cm³/mol. The van der Waals surface area contributed by atoms with Gasteiger partial charge in [-0.2, -0.15) is 0 Å². The second-order valence-corrected chi connectivity index (χ2v) is 6.08. The summed E-state index contributed by atoms with van der Waals surface area (Å²) in [6, 6.07) is 0.915. The lowest BCUT2D eigenvalue weighted by atomic mass is 9.87. The van der Waals surface area contributed by atoms with Crippen molar-refractivity contribution in [3.8, 4) is 0 Å². The normalized spacial score (nSPS) is 16.5. The van der Waals surface area contributed by atoms with E-state index >= 15 is 0 Å². The lowest BCUT2D eigenvalue weighted by Crippen LogP contribution is -2.48. The second-order valence-electron chi connectivity index (χ2n) is 6.08. The Morgan fingerprint density at radius 1 is 1.19 bits per heavy atom. The van der Waals surface area contributed by atoms with Crippen molar-refractivity contribution in [2.24, 2.45) is 11.1 Å². The largest absolute Gasteiger partial charge is 0.326 e. The second kappa shape index (κ2) is 7.29. The fourth-order valence-corrected chi connectivity index (χ4v) is 1.64. The van der Waals surface area contributed by atoms with E-state index in [9.17, 15) is 0 Å². The van der Waals surface area contributed by atoms with E-state index in [-0.39, 0.29) is 11.5 Å². The van der Waals surface area contributed by atoms with Crippen molar-refractivity contribution in [1.82, 2.24) is 4.90 Å². The Balaban J connectivity index is 4.30. The zero-order valence-electron chi connectivity index (χ0n) is 12.2. The van der Waals surface area contributed by atoms with Crippen molar-refractivity contribution in [2.45, 2.75) is 72.9 Å². The molecule has 0 aliphatic carbocycles. The Labute approximate surface area is 103 Å². The van der Waals surface area contributed by atoms with Crippen LogP contribution in [0.1, 0.15) is 60.8 Å². The monoisotopic (exact) mass is 228 g/mol. The molecule has 2 atom stereocenters. The van der Waals surface area contributed by atoms with Crippen LogP contribution in [0.15, 0.2) is 0 Å². The molecule has 0 aromatic heterocycles. The van der Waals surface area contributed by atoms with Gasteiger partial charge in [0.2, 0.25) is 0 Å². The van der Waals surface area contributed by atoms with Crippen LogP contribution in [0.5, 0.6) is 0 Å². The molecule has 2 unspecified atom stereocenters. The number of unbranched alkanes of at least 4 members (excludes halogenated alkanes) is 1. The summed E-state index contributed by atoms with van der Waals surface area (Å²) in [6.45, 7) is 15.7. The highest BCUT2D eigenvalue weighted by molar-refractivity contribution is 4.81. The predicted octanol–water partition coefficient (Wildman–Crippen LogP) is 3.26. The van der Waals surface area contributed by atoms with Crippen molar-refractivity contribution in [3.63, 3.8) is 0 Å². The molecule has 2 heteroatoms. The van der Waals surface area contributed by atoms with Crippen LogP contribution in [0.4, 0.5) is 0 Å². The summed E-state index contributed by atoms with van der Waals surface area (Å²) < 4.78 is 0. The summed E-state index contributed by atoms with van der Waals surface area (Å²) in [7, 11) is 0. The van der Waals surface area contributed by atoms with Crippen LogP contribution in [0.3, 0.4) is 0 Å². The molecule has 0 aromatic rings. The van der Waals surface area contributed by atoms with Crippen LogP contribution >= 0.6 is 0 Å². The summed E-state index contributed by atoms with van der Waals surface area (Å²) in [4.78, 5) is 2.55. The van der Waals surface area contributed by atoms with E-state index in [1.807, 2.05) is 0 Å². The van der Waals surface area contributed by atoms with Crippen molar-refractivity contribution in [1.29, 1.82) is 0 Å². The standard InChI is InChI=1S/C14H32N2/c1-7-9-10-16(12(3)8-2)11-13(15)14(4,5)6/h12-13H,7-11,15H2,1-6H3. The van der Waals surface area contributed by atoms with Crippen LogP contribution in [0, 0.1) is 5.41 Å². The van der Waals surface area contributed by atoms with Crippen LogP contribution < -0.4 is 5.73 Å². The molecular weight excluding hydrogens is 196 g/mol. The molecule has 98 valence electrons. The van der Waals surface area contributed by atoms with Gasteiger partial charge in [-0.1, -0.05) is 41.0 Å². The fraction of sp³-hybridized carbons (Fsp3) is 1.00. The molecule has 0 saturated carbocycles. The highest BCUT2D eigenvalue weighted by atomic mass is 15.2. The van der Waals surface area contributed by atoms with Crippen LogP contribution in [0.25, 0.3) is 0 Å². The number of hydrogen-bond donors (Lipinski definition) is 1. The molecule has 0 amide bonds. The topological polar surface area (TPSA) is 29.3 Å². The minimum Gasteiger partial charge on any atom is -0.326 e. The van der Waals surface area contributed by atoms with E-state index in [2.05, 4.69) is 46.4 Å². The third-order valence-corrected chi connectivity index (χ3v) is 3.56. The summed E-state index contributed by atoms with van der Waals surface area (Å²) in [5, 5.41) is 0. The Hall–Kier alpha value is -0.0800. The van der Waals surface area contributed by atoms with E-state index in [1.54, 1.807) is 0 Å². The molecule has 0 spiro atoms. The van der Waals surface area contributed by atoms with E-state index in [0.29, 0.717) is 6.04 Å². The summed E-state index contributed by atoms with van der Waals surface area (Å²) >= 11 is 0. The molecule has 0 aliphatic rings. The van der Waals surface area contributed by atoms with Gasteiger partial charge in [-0.15, -0.1) is 0 Å². The van der Waals surface area contributed by atoms with E-state index in [0.717, 1.165) is 6.54 Å². The van der Waals surface area contributed by atoms with Gasteiger partial charge in [-0.05, 0) is 31.7 Å². The van der Waals surface area contributed by atoms with Gasteiger partial charge in [-0.3, -0.25) is 4.90 Å². The highest BCUT2D eigenvalue weighted by Gasteiger charge is 2.24. The maximum Gasteiger partial charge on any atom is 0.0217 e. The average Bonchev–Trinajstić information content (AvgIpc) is 2.21. The minimum absolute atomic E-state index is 0.206. The van der Waals surface area contributed by atoms with Gasteiger partial charge < -0.3 is 5.73 Å². The van der Waals surface area contributed by atoms with Gasteiger partial charge in [0.15, 0.2) is 0 Å². The summed E-state index contributed by atoms with van der Waals surface area (Å²) in [5.74, 6) is 0. The number of rotatable bonds is 7. The molecule has 0 bridgehead atoms. The Kier molecular flexibility index (Phi) is 7.25. The molecule has 0 heterocycles. The minimum atomic E-state index is 0.206. The van der Waals surface area contributed by atoms with Gasteiger partial charge in [0.05, 0.1) is 0 Å². The maximum absolute atomic E-state index is 6.27. The molecule has 0 aromatic carbocycles. The van der Waals surface area contributed by atoms with E-state index in [1.165, 1.54) is 25.8 Å². The smallest absolute Gasteiger partial charge is 0.0217 e. The quantitative estimate of drug-likeness (QED) is 0.724. The highest BCUT2D eigenvalue weighted by Crippen LogP contribution is 2.19. The van der Waals surface area contributed by atoms with Crippen molar-refractivity contribution in [3.05, 3.63) is 0 Å². The zero-order chi connectivity index (χ0) is 12.8. The zero-order valence-corrected chi connectivity index (χ0v) is 12.2. The third-order valence-electron chi connectivity index (χ3n) is 3.56. The molecule has 2 nitrogen and oxygen atoms in total. The first-order valence-corrected chi connectivity index (χ1v) is 6.82. The molecule has 0 aliphatic heterocycles. The fourth-order valence-electron chi connectivity index (χ4n) is 1.64. The van der Waals surface area contributed by atoms with Crippen molar-refractivity contribution in [2.75, 3.05) is 13.1 Å². The Morgan fingerprint density at radius 2 is 1.75 bits per heavy atom. The van der Waals surface area contributed by atoms with Crippen LogP contribution in [0.2, 0.25) is 0 Å². The first-order chi connectivity index (χ1) is 7.32. The Morgan fingerprint density at radius 3 is 2.12 bits per heavy atom. The summed E-state index contributed by atoms with van der Waals surface area (Å²) in [5.41, 5.74) is 6.48. The molecule has 16 heavy (non-hydrogen) atoms. The van der Waals surface area contributed by atoms with E-state index in [4.69, 9.17) is 5.73 Å². The lowest BCUT2D eigenvalue weighted by Gasteiger charge is -2.36. The molecule has 0 fully saturated rings. The summed E-state index contributed by atoms with van der Waals surface area (Å²) in [6.07, 6.45) is 3.75. The third kappa shape index (κ3) is 5.86. The average molecular weight is 228 g/mol. The van der Waals surface area contributed by atoms with Gasteiger partial charge in [-0.25, -0.2) is 0 Å². The molecular formula is C14H32N2.